The van der Waals surface area contributed by atoms with Gasteiger partial charge in [0.05, 0.1) is 0 Å². The van der Waals surface area contributed by atoms with Gasteiger partial charge < -0.3 is 0 Å². The summed E-state index contributed by atoms with van der Waals surface area (Å²) in [7, 11) is 1.20. The van der Waals surface area contributed by atoms with E-state index in [2.05, 4.69) is 115 Å². The van der Waals surface area contributed by atoms with E-state index >= 15 is 0 Å². The van der Waals surface area contributed by atoms with E-state index in [4.69, 9.17) is 0 Å². The van der Waals surface area contributed by atoms with Crippen molar-refractivity contribution in [2.45, 2.75) is 0 Å². The van der Waals surface area contributed by atoms with Crippen LogP contribution in [0.2, 0.25) is 0 Å². The Kier molecular flexibility index (Phi) is 5.05. The predicted octanol–water partition coefficient (Wildman–Crippen LogP) is 6.44. The van der Waals surface area contributed by atoms with Crippen molar-refractivity contribution in [1.29, 1.82) is 0 Å². The molecule has 0 aliphatic rings. The summed E-state index contributed by atoms with van der Waals surface area (Å²) >= 11 is 0. The molecule has 0 fully saturated rings. The summed E-state index contributed by atoms with van der Waals surface area (Å²) in [6.45, 7) is 0. The molecule has 4 aromatic carbocycles. The molecule has 0 unspecified atom stereocenters. The van der Waals surface area contributed by atoms with Crippen LogP contribution in [0.5, 0.6) is 0 Å². The molecule has 0 spiro atoms. The molecule has 4 aromatic rings. The smallest absolute Gasteiger partial charge is 0.0103 e. The lowest BCUT2D eigenvalue weighted by molar-refractivity contribution is 1.60. The molecule has 0 aliphatic heterocycles. The highest BCUT2D eigenvalue weighted by atomic mass is 31.1. The molecule has 0 heterocycles. The van der Waals surface area contributed by atoms with Crippen LogP contribution in [-0.2, 0) is 0 Å². The van der Waals surface area contributed by atoms with Gasteiger partial charge in [-0.2, -0.15) is 0 Å². The van der Waals surface area contributed by atoms with Gasteiger partial charge >= 0.3 is 0 Å². The van der Waals surface area contributed by atoms with Crippen LogP contribution in [0.3, 0.4) is 0 Å². The van der Waals surface area contributed by atoms with Gasteiger partial charge in [0.2, 0.25) is 0 Å². The van der Waals surface area contributed by atoms with Crippen LogP contribution in [0.1, 0.15) is 5.56 Å². The summed E-state index contributed by atoms with van der Waals surface area (Å²) in [5.74, 6) is 2.27. The van der Waals surface area contributed by atoms with Crippen molar-refractivity contribution in [3.8, 4) is 22.3 Å². The van der Waals surface area contributed by atoms with E-state index in [-0.39, 0.29) is 0 Å². The zero-order chi connectivity index (χ0) is 17.6. The number of benzene rings is 4. The molecule has 4 rings (SSSR count). The lowest BCUT2D eigenvalue weighted by atomic mass is 9.94. The fourth-order valence-electron chi connectivity index (χ4n) is 3.10. The van der Waals surface area contributed by atoms with E-state index in [1.807, 2.05) is 0 Å². The minimum atomic E-state index is 1.20. The van der Waals surface area contributed by atoms with Gasteiger partial charge in [0.1, 0.15) is 0 Å². The molecule has 1 heteroatoms. The van der Waals surface area contributed by atoms with Crippen molar-refractivity contribution in [2.75, 3.05) is 0 Å². The van der Waals surface area contributed by atoms with Crippen molar-refractivity contribution >= 4 is 19.3 Å². The zero-order valence-corrected chi connectivity index (χ0v) is 15.3. The Balaban J connectivity index is 1.88. The van der Waals surface area contributed by atoms with Gasteiger partial charge in [-0.15, -0.1) is 0 Å². The van der Waals surface area contributed by atoms with Crippen molar-refractivity contribution in [3.63, 3.8) is 0 Å². The van der Waals surface area contributed by atoms with Crippen LogP contribution in [0.4, 0.5) is 0 Å². The standard InChI is InChI=1S/C25H19P/c1-4-11-20(12-5-1)19-26-24-18-10-17-23(21-13-6-2-7-14-21)25(24)22-15-8-3-9-16-22/h1-19H. The molecule has 0 atom stereocenters. The topological polar surface area (TPSA) is 0 Å². The molecule has 0 N–H and O–H groups in total. The third kappa shape index (κ3) is 3.67. The average Bonchev–Trinajstić information content (AvgIpc) is 2.74. The largest absolute Gasteiger partial charge is 0.0672 e. The van der Waals surface area contributed by atoms with Crippen molar-refractivity contribution in [3.05, 3.63) is 115 Å². The Morgan fingerprint density at radius 3 is 1.73 bits per heavy atom. The van der Waals surface area contributed by atoms with Gasteiger partial charge in [-0.1, -0.05) is 111 Å². The maximum atomic E-state index is 2.27. The molecule has 0 radical (unpaired) electrons. The fourth-order valence-corrected chi connectivity index (χ4v) is 4.11. The number of hydrogen-bond donors (Lipinski definition) is 0. The summed E-state index contributed by atoms with van der Waals surface area (Å²) in [4.78, 5) is 0. The maximum absolute atomic E-state index is 2.27. The van der Waals surface area contributed by atoms with Crippen LogP contribution in [-0.4, -0.2) is 5.80 Å². The molecule has 26 heavy (non-hydrogen) atoms. The third-order valence-electron chi connectivity index (χ3n) is 4.34. The van der Waals surface area contributed by atoms with Crippen LogP contribution in [0.15, 0.2) is 109 Å². The highest BCUT2D eigenvalue weighted by Crippen LogP contribution is 2.32. The molecule has 0 saturated carbocycles. The Hall–Kier alpha value is -2.95. The van der Waals surface area contributed by atoms with Gasteiger partial charge in [-0.05, 0) is 34.1 Å². The van der Waals surface area contributed by atoms with E-state index < -0.39 is 0 Å². The van der Waals surface area contributed by atoms with Gasteiger partial charge in [-0.3, -0.25) is 0 Å². The fraction of sp³-hybridized carbons (Fsp3) is 0. The third-order valence-corrected chi connectivity index (χ3v) is 5.42. The first-order chi connectivity index (χ1) is 12.9. The van der Waals surface area contributed by atoms with E-state index in [0.29, 0.717) is 0 Å². The lowest BCUT2D eigenvalue weighted by Gasteiger charge is -2.13. The Morgan fingerprint density at radius 1 is 0.500 bits per heavy atom. The first kappa shape index (κ1) is 16.5. The van der Waals surface area contributed by atoms with E-state index in [1.54, 1.807) is 0 Å². The summed E-state index contributed by atoms with van der Waals surface area (Å²) in [6, 6.07) is 38.5. The SMILES string of the molecule is C(=Pc1cccc(-c2ccccc2)c1-c1ccccc1)c1ccccc1. The average molecular weight is 350 g/mol. The summed E-state index contributed by atoms with van der Waals surface area (Å²) in [5.41, 5.74) is 6.36. The predicted molar refractivity (Wildman–Crippen MR) is 115 cm³/mol. The normalized spacial score (nSPS) is 10.9. The Bertz CT molecular complexity index is 1000. The van der Waals surface area contributed by atoms with Gasteiger partial charge in [-0.25, -0.2) is 0 Å². The Labute approximate surface area is 156 Å². The minimum Gasteiger partial charge on any atom is -0.0672 e. The lowest BCUT2D eigenvalue weighted by Crippen LogP contribution is -2.01. The van der Waals surface area contributed by atoms with Crippen LogP contribution in [0, 0.1) is 0 Å². The number of rotatable bonds is 4. The molecule has 0 saturated heterocycles. The monoisotopic (exact) mass is 350 g/mol. The molecule has 0 aromatic heterocycles. The quantitative estimate of drug-likeness (QED) is 0.371. The van der Waals surface area contributed by atoms with E-state index in [0.717, 1.165) is 0 Å². The summed E-state index contributed by atoms with van der Waals surface area (Å²) in [5, 5.41) is 1.32. The zero-order valence-electron chi connectivity index (χ0n) is 14.4. The second-order valence-electron chi connectivity index (χ2n) is 6.10. The van der Waals surface area contributed by atoms with Crippen molar-refractivity contribution in [2.24, 2.45) is 0 Å². The van der Waals surface area contributed by atoms with Gasteiger partial charge in [0.15, 0.2) is 0 Å². The van der Waals surface area contributed by atoms with Crippen molar-refractivity contribution < 1.29 is 0 Å². The first-order valence-electron chi connectivity index (χ1n) is 8.75. The second kappa shape index (κ2) is 7.95. The summed E-state index contributed by atoms with van der Waals surface area (Å²) in [6.07, 6.45) is 0. The molecule has 0 aliphatic carbocycles. The molecule has 0 nitrogen and oxygen atoms in total. The van der Waals surface area contributed by atoms with E-state index in [1.165, 1.54) is 41.3 Å². The Morgan fingerprint density at radius 2 is 1.08 bits per heavy atom. The minimum absolute atomic E-state index is 1.20. The summed E-state index contributed by atoms with van der Waals surface area (Å²) < 4.78 is 0. The van der Waals surface area contributed by atoms with Gasteiger partial charge in [0, 0.05) is 10.9 Å². The second-order valence-corrected chi connectivity index (χ2v) is 7.10. The molecular weight excluding hydrogens is 331 g/mol. The van der Waals surface area contributed by atoms with Crippen LogP contribution < -0.4 is 5.30 Å². The molecule has 0 bridgehead atoms. The number of hydrogen-bond acceptors (Lipinski definition) is 0. The van der Waals surface area contributed by atoms with Crippen LogP contribution in [0.25, 0.3) is 22.3 Å². The maximum Gasteiger partial charge on any atom is 0.0103 e. The molecule has 0 amide bonds. The first-order valence-corrected chi connectivity index (χ1v) is 9.71. The van der Waals surface area contributed by atoms with Crippen molar-refractivity contribution in [1.82, 2.24) is 0 Å². The highest BCUT2D eigenvalue weighted by molar-refractivity contribution is 7.48. The van der Waals surface area contributed by atoms with E-state index in [9.17, 15) is 0 Å². The van der Waals surface area contributed by atoms with Gasteiger partial charge in [0.25, 0.3) is 0 Å². The van der Waals surface area contributed by atoms with Crippen LogP contribution >= 0.6 is 8.20 Å². The molecule has 124 valence electrons. The highest BCUT2D eigenvalue weighted by Gasteiger charge is 2.11. The molecular formula is C25H19P.